The molecule has 2 aliphatic rings. The third kappa shape index (κ3) is 3.24. The van der Waals surface area contributed by atoms with Gasteiger partial charge in [0.15, 0.2) is 0 Å². The Labute approximate surface area is 122 Å². The molecular weight excluding hydrogens is 246 g/mol. The van der Waals surface area contributed by atoms with E-state index in [-0.39, 0.29) is 0 Å². The zero-order valence-corrected chi connectivity index (χ0v) is 12.6. The molecule has 1 aromatic carbocycles. The zero-order chi connectivity index (χ0) is 13.8. The first-order chi connectivity index (χ1) is 9.84. The number of hydrogen-bond acceptors (Lipinski definition) is 2. The van der Waals surface area contributed by atoms with Crippen molar-refractivity contribution in [2.24, 2.45) is 0 Å². The Bertz CT molecular complexity index is 425. The smallest absolute Gasteiger partial charge is 0.0587 e. The second-order valence-corrected chi connectivity index (χ2v) is 6.39. The predicted octanol–water partition coefficient (Wildman–Crippen LogP) is 4.17. The lowest BCUT2D eigenvalue weighted by Gasteiger charge is -2.31. The summed E-state index contributed by atoms with van der Waals surface area (Å²) >= 11 is 0. The van der Waals surface area contributed by atoms with Gasteiger partial charge in [-0.15, -0.1) is 0 Å². The molecule has 0 saturated carbocycles. The van der Waals surface area contributed by atoms with Crippen molar-refractivity contribution in [1.29, 1.82) is 0 Å². The van der Waals surface area contributed by atoms with E-state index < -0.39 is 0 Å². The van der Waals surface area contributed by atoms with E-state index in [1.165, 1.54) is 37.7 Å². The van der Waals surface area contributed by atoms with Crippen molar-refractivity contribution in [1.82, 2.24) is 5.32 Å². The maximum absolute atomic E-state index is 5.81. The second-order valence-electron chi connectivity index (χ2n) is 6.39. The van der Waals surface area contributed by atoms with Crippen molar-refractivity contribution < 1.29 is 4.74 Å². The fraction of sp³-hybridized carbons (Fsp3) is 0.667. The number of benzene rings is 1. The molecule has 3 unspecified atom stereocenters. The van der Waals surface area contributed by atoms with Crippen LogP contribution in [0.5, 0.6) is 0 Å². The van der Waals surface area contributed by atoms with Gasteiger partial charge >= 0.3 is 0 Å². The molecule has 0 spiro atoms. The van der Waals surface area contributed by atoms with Crippen LogP contribution in [-0.4, -0.2) is 19.3 Å². The summed E-state index contributed by atoms with van der Waals surface area (Å²) in [5.74, 6) is 0.714. The monoisotopic (exact) mass is 273 g/mol. The molecule has 1 aromatic rings. The molecule has 1 N–H and O–H groups in total. The van der Waals surface area contributed by atoms with Crippen molar-refractivity contribution >= 4 is 0 Å². The van der Waals surface area contributed by atoms with Gasteiger partial charge in [0.05, 0.1) is 6.10 Å². The molecule has 1 heterocycles. The maximum Gasteiger partial charge on any atom is 0.0587 e. The van der Waals surface area contributed by atoms with E-state index in [4.69, 9.17) is 4.74 Å². The van der Waals surface area contributed by atoms with Crippen LogP contribution in [0.4, 0.5) is 0 Å². The highest BCUT2D eigenvalue weighted by molar-refractivity contribution is 5.34. The van der Waals surface area contributed by atoms with Crippen LogP contribution in [0, 0.1) is 0 Å². The van der Waals surface area contributed by atoms with E-state index in [1.54, 1.807) is 5.56 Å². The highest BCUT2D eigenvalue weighted by Crippen LogP contribution is 2.36. The first-order valence-electron chi connectivity index (χ1n) is 8.28. The molecule has 1 fully saturated rings. The highest BCUT2D eigenvalue weighted by atomic mass is 16.5. The van der Waals surface area contributed by atoms with Crippen molar-refractivity contribution in [2.75, 3.05) is 13.2 Å². The molecule has 0 bridgehead atoms. The lowest BCUT2D eigenvalue weighted by atomic mass is 9.81. The van der Waals surface area contributed by atoms with Crippen molar-refractivity contribution in [3.05, 3.63) is 35.4 Å². The number of rotatable bonds is 4. The van der Waals surface area contributed by atoms with Gasteiger partial charge in [-0.2, -0.15) is 0 Å². The fourth-order valence-electron chi connectivity index (χ4n) is 3.67. The molecular formula is C18H27NO. The van der Waals surface area contributed by atoms with Gasteiger partial charge < -0.3 is 10.1 Å². The van der Waals surface area contributed by atoms with E-state index in [9.17, 15) is 0 Å². The molecule has 20 heavy (non-hydrogen) atoms. The average Bonchev–Trinajstić information content (AvgIpc) is 2.51. The zero-order valence-electron chi connectivity index (χ0n) is 12.6. The van der Waals surface area contributed by atoms with Crippen molar-refractivity contribution in [2.45, 2.75) is 63.5 Å². The van der Waals surface area contributed by atoms with Gasteiger partial charge in [-0.1, -0.05) is 31.2 Å². The summed E-state index contributed by atoms with van der Waals surface area (Å²) in [6.45, 7) is 4.40. The summed E-state index contributed by atoms with van der Waals surface area (Å²) in [5, 5.41) is 3.77. The van der Waals surface area contributed by atoms with Crippen LogP contribution in [0.1, 0.15) is 68.5 Å². The number of ether oxygens (including phenoxy) is 1. The summed E-state index contributed by atoms with van der Waals surface area (Å²) in [4.78, 5) is 0. The molecule has 2 nitrogen and oxygen atoms in total. The minimum atomic E-state index is 0.494. The minimum absolute atomic E-state index is 0.494. The summed E-state index contributed by atoms with van der Waals surface area (Å²) in [6, 6.07) is 9.51. The number of hydrogen-bond donors (Lipinski definition) is 1. The summed E-state index contributed by atoms with van der Waals surface area (Å²) in [5.41, 5.74) is 3.07. The van der Waals surface area contributed by atoms with Gasteiger partial charge in [-0.25, -0.2) is 0 Å². The molecule has 0 aromatic heterocycles. The van der Waals surface area contributed by atoms with Crippen molar-refractivity contribution in [3.8, 4) is 0 Å². The van der Waals surface area contributed by atoms with Gasteiger partial charge in [0, 0.05) is 12.6 Å². The maximum atomic E-state index is 5.81. The molecule has 2 heteroatoms. The SMILES string of the molecule is CC1CCC(NCCC2CCCCO2)c2ccccc21. The van der Waals surface area contributed by atoms with Crippen molar-refractivity contribution in [3.63, 3.8) is 0 Å². The topological polar surface area (TPSA) is 21.3 Å². The van der Waals surface area contributed by atoms with E-state index in [1.807, 2.05) is 0 Å². The Kier molecular flexibility index (Phi) is 4.74. The molecule has 0 amide bonds. The summed E-state index contributed by atoms with van der Waals surface area (Å²) < 4.78 is 5.81. The van der Waals surface area contributed by atoms with E-state index in [0.29, 0.717) is 18.1 Å². The molecule has 3 rings (SSSR count). The first kappa shape index (κ1) is 14.1. The van der Waals surface area contributed by atoms with Gasteiger partial charge in [0.2, 0.25) is 0 Å². The normalized spacial score (nSPS) is 29.9. The van der Waals surface area contributed by atoms with Crippen LogP contribution in [0.2, 0.25) is 0 Å². The standard InChI is InChI=1S/C18H27NO/c1-14-9-10-18(17-8-3-2-7-16(14)17)19-12-11-15-6-4-5-13-20-15/h2-3,7-8,14-15,18-19H,4-6,9-13H2,1H3. The second kappa shape index (κ2) is 6.73. The largest absolute Gasteiger partial charge is 0.378 e. The molecule has 1 aliphatic carbocycles. The Morgan fingerprint density at radius 2 is 1.95 bits per heavy atom. The lowest BCUT2D eigenvalue weighted by Crippen LogP contribution is -2.30. The average molecular weight is 273 g/mol. The third-order valence-corrected chi connectivity index (χ3v) is 4.92. The Hall–Kier alpha value is -0.860. The lowest BCUT2D eigenvalue weighted by molar-refractivity contribution is 0.0111. The van der Waals surface area contributed by atoms with Crippen LogP contribution >= 0.6 is 0 Å². The molecule has 1 aliphatic heterocycles. The number of nitrogens with one attached hydrogen (secondary N) is 1. The van der Waals surface area contributed by atoms with Crippen LogP contribution in [0.25, 0.3) is 0 Å². The highest BCUT2D eigenvalue weighted by Gasteiger charge is 2.24. The summed E-state index contributed by atoms with van der Waals surface area (Å²) in [6.07, 6.45) is 8.06. The minimum Gasteiger partial charge on any atom is -0.378 e. The predicted molar refractivity (Wildman–Crippen MR) is 83.0 cm³/mol. The summed E-state index contributed by atoms with van der Waals surface area (Å²) in [7, 11) is 0. The molecule has 110 valence electrons. The van der Waals surface area contributed by atoms with E-state index in [0.717, 1.165) is 19.6 Å². The fourth-order valence-corrected chi connectivity index (χ4v) is 3.67. The van der Waals surface area contributed by atoms with Crippen LogP contribution in [0.15, 0.2) is 24.3 Å². The van der Waals surface area contributed by atoms with E-state index >= 15 is 0 Å². The molecule has 0 radical (unpaired) electrons. The van der Waals surface area contributed by atoms with Gasteiger partial charge in [-0.05, 0) is 62.1 Å². The first-order valence-corrected chi connectivity index (χ1v) is 8.28. The van der Waals surface area contributed by atoms with Crippen LogP contribution < -0.4 is 5.32 Å². The Morgan fingerprint density at radius 3 is 2.75 bits per heavy atom. The van der Waals surface area contributed by atoms with Gasteiger partial charge in [0.25, 0.3) is 0 Å². The quantitative estimate of drug-likeness (QED) is 0.889. The third-order valence-electron chi connectivity index (χ3n) is 4.92. The Morgan fingerprint density at radius 1 is 1.10 bits per heavy atom. The van der Waals surface area contributed by atoms with Crippen LogP contribution in [-0.2, 0) is 4.74 Å². The van der Waals surface area contributed by atoms with E-state index in [2.05, 4.69) is 36.5 Å². The van der Waals surface area contributed by atoms with Gasteiger partial charge in [-0.3, -0.25) is 0 Å². The molecule has 1 saturated heterocycles. The molecule has 3 atom stereocenters. The van der Waals surface area contributed by atoms with Gasteiger partial charge in [0.1, 0.15) is 0 Å². The Balaban J connectivity index is 1.54. The number of fused-ring (bicyclic) bond motifs is 1. The van der Waals surface area contributed by atoms with Crippen LogP contribution in [0.3, 0.4) is 0 Å².